The molecule has 8 heteroatoms. The van der Waals surface area contributed by atoms with Crippen LogP contribution in [0.2, 0.25) is 0 Å². The number of amides is 1. The van der Waals surface area contributed by atoms with E-state index < -0.39 is 17.7 Å². The Morgan fingerprint density at radius 2 is 1.80 bits per heavy atom. The van der Waals surface area contributed by atoms with Crippen molar-refractivity contribution >= 4 is 23.2 Å². The van der Waals surface area contributed by atoms with E-state index >= 15 is 0 Å². The molecule has 164 valence electrons. The van der Waals surface area contributed by atoms with Crippen molar-refractivity contribution in [2.75, 3.05) is 6.54 Å². The van der Waals surface area contributed by atoms with Crippen molar-refractivity contribution in [3.63, 3.8) is 0 Å². The van der Waals surface area contributed by atoms with E-state index in [9.17, 15) is 22.8 Å². The molecule has 2 unspecified atom stereocenters. The number of aliphatic carboxylic acids is 1. The van der Waals surface area contributed by atoms with E-state index in [0.29, 0.717) is 35.4 Å². The van der Waals surface area contributed by atoms with Gasteiger partial charge in [-0.2, -0.15) is 13.2 Å². The summed E-state index contributed by atoms with van der Waals surface area (Å²) in [6, 6.07) is 6.53. The summed E-state index contributed by atoms with van der Waals surface area (Å²) in [6.07, 6.45) is -1.52. The van der Waals surface area contributed by atoms with Crippen LogP contribution in [0.15, 0.2) is 35.7 Å². The Bertz CT molecular complexity index is 846. The molecule has 1 aromatic carbocycles. The minimum absolute atomic E-state index is 0.217. The SMILES string of the molecule is CCC(CCCC(C)CNC(=O)c1cc(-c2ccc(C(F)(F)F)cc2)cs1)C(=O)O. The van der Waals surface area contributed by atoms with Crippen LogP contribution in [0.1, 0.15) is 54.8 Å². The van der Waals surface area contributed by atoms with Crippen molar-refractivity contribution in [1.29, 1.82) is 0 Å². The summed E-state index contributed by atoms with van der Waals surface area (Å²) in [4.78, 5) is 23.9. The van der Waals surface area contributed by atoms with Gasteiger partial charge in [0.05, 0.1) is 16.4 Å². The van der Waals surface area contributed by atoms with Crippen LogP contribution < -0.4 is 5.32 Å². The fraction of sp³-hybridized carbons (Fsp3) is 0.455. The van der Waals surface area contributed by atoms with E-state index in [1.165, 1.54) is 23.5 Å². The maximum Gasteiger partial charge on any atom is 0.416 e. The average molecular weight is 442 g/mol. The molecule has 1 heterocycles. The van der Waals surface area contributed by atoms with Gasteiger partial charge in [0, 0.05) is 6.54 Å². The zero-order valence-corrected chi connectivity index (χ0v) is 17.8. The summed E-state index contributed by atoms with van der Waals surface area (Å²) < 4.78 is 38.0. The van der Waals surface area contributed by atoms with Gasteiger partial charge in [-0.25, -0.2) is 0 Å². The lowest BCUT2D eigenvalue weighted by atomic mass is 9.96. The Morgan fingerprint density at radius 3 is 2.37 bits per heavy atom. The number of halogens is 3. The molecule has 0 aliphatic carbocycles. The third kappa shape index (κ3) is 6.86. The minimum atomic E-state index is -4.38. The van der Waals surface area contributed by atoms with Crippen molar-refractivity contribution in [3.8, 4) is 11.1 Å². The predicted octanol–water partition coefficient (Wildman–Crippen LogP) is 6.08. The Balaban J connectivity index is 1.84. The minimum Gasteiger partial charge on any atom is -0.481 e. The Kier molecular flexibility index (Phi) is 8.46. The number of thiophene rings is 1. The molecule has 2 N–H and O–H groups in total. The van der Waals surface area contributed by atoms with Gasteiger partial charge in [0.25, 0.3) is 5.91 Å². The molecule has 0 aliphatic rings. The molecule has 0 fully saturated rings. The number of carbonyl (C=O) groups is 2. The molecule has 4 nitrogen and oxygen atoms in total. The maximum absolute atomic E-state index is 12.7. The average Bonchev–Trinajstić information content (AvgIpc) is 3.19. The largest absolute Gasteiger partial charge is 0.481 e. The van der Waals surface area contributed by atoms with Crippen molar-refractivity contribution in [2.45, 2.75) is 45.7 Å². The molecule has 1 amide bonds. The topological polar surface area (TPSA) is 66.4 Å². The van der Waals surface area contributed by atoms with E-state index in [-0.39, 0.29) is 17.7 Å². The highest BCUT2D eigenvalue weighted by molar-refractivity contribution is 7.12. The first kappa shape index (κ1) is 23.9. The van der Waals surface area contributed by atoms with Crippen molar-refractivity contribution in [1.82, 2.24) is 5.32 Å². The Hall–Kier alpha value is -2.35. The van der Waals surface area contributed by atoms with Gasteiger partial charge >= 0.3 is 12.1 Å². The molecule has 0 aliphatic heterocycles. The highest BCUT2D eigenvalue weighted by atomic mass is 32.1. The molecule has 0 saturated carbocycles. The van der Waals surface area contributed by atoms with Crippen LogP contribution >= 0.6 is 11.3 Å². The van der Waals surface area contributed by atoms with Crippen LogP contribution in [0, 0.1) is 11.8 Å². The van der Waals surface area contributed by atoms with Crippen LogP contribution in [0.5, 0.6) is 0 Å². The summed E-state index contributed by atoms with van der Waals surface area (Å²) in [6.45, 7) is 4.35. The predicted molar refractivity (Wildman–Crippen MR) is 112 cm³/mol. The molecule has 0 saturated heterocycles. The number of carbonyl (C=O) groups excluding carboxylic acids is 1. The van der Waals surface area contributed by atoms with Crippen molar-refractivity contribution in [2.24, 2.45) is 11.8 Å². The highest BCUT2D eigenvalue weighted by Crippen LogP contribution is 2.32. The molecule has 2 aromatic rings. The highest BCUT2D eigenvalue weighted by Gasteiger charge is 2.30. The van der Waals surface area contributed by atoms with Gasteiger partial charge in [0.1, 0.15) is 0 Å². The van der Waals surface area contributed by atoms with Gasteiger partial charge in [-0.1, -0.05) is 32.4 Å². The van der Waals surface area contributed by atoms with Crippen LogP contribution in [-0.2, 0) is 11.0 Å². The molecule has 2 atom stereocenters. The van der Waals surface area contributed by atoms with E-state index in [0.717, 1.165) is 25.0 Å². The molecule has 2 rings (SSSR count). The van der Waals surface area contributed by atoms with E-state index in [4.69, 9.17) is 5.11 Å². The standard InChI is InChI=1S/C22H26F3NO3S/c1-3-15(21(28)29)6-4-5-14(2)12-26-20(27)19-11-17(13-30-19)16-7-9-18(10-8-16)22(23,24)25/h7-11,13-15H,3-6,12H2,1-2H3,(H,26,27)(H,28,29). The number of hydrogen-bond donors (Lipinski definition) is 2. The zero-order chi connectivity index (χ0) is 22.3. The lowest BCUT2D eigenvalue weighted by Gasteiger charge is -2.14. The van der Waals surface area contributed by atoms with Gasteiger partial charge in [0.2, 0.25) is 0 Å². The number of benzene rings is 1. The third-order valence-corrected chi connectivity index (χ3v) is 6.00. The molecule has 0 spiro atoms. The van der Waals surface area contributed by atoms with Crippen LogP contribution in [-0.4, -0.2) is 23.5 Å². The molecule has 0 bridgehead atoms. The van der Waals surface area contributed by atoms with Gasteiger partial charge in [-0.3, -0.25) is 9.59 Å². The van der Waals surface area contributed by atoms with Gasteiger partial charge < -0.3 is 10.4 Å². The lowest BCUT2D eigenvalue weighted by Crippen LogP contribution is -2.27. The summed E-state index contributed by atoms with van der Waals surface area (Å²) in [5.41, 5.74) is 0.615. The number of hydrogen-bond acceptors (Lipinski definition) is 3. The normalized spacial score (nSPS) is 13.6. The van der Waals surface area contributed by atoms with Crippen LogP contribution in [0.4, 0.5) is 13.2 Å². The van der Waals surface area contributed by atoms with Gasteiger partial charge in [-0.15, -0.1) is 11.3 Å². The lowest BCUT2D eigenvalue weighted by molar-refractivity contribution is -0.142. The first-order chi connectivity index (χ1) is 14.1. The van der Waals surface area contributed by atoms with E-state index in [1.807, 2.05) is 13.8 Å². The number of carboxylic acids is 1. The van der Waals surface area contributed by atoms with E-state index in [1.54, 1.807) is 11.4 Å². The van der Waals surface area contributed by atoms with Crippen molar-refractivity contribution < 1.29 is 27.9 Å². The number of rotatable bonds is 10. The smallest absolute Gasteiger partial charge is 0.416 e. The quantitative estimate of drug-likeness (QED) is 0.469. The van der Waals surface area contributed by atoms with Crippen molar-refractivity contribution in [3.05, 3.63) is 46.2 Å². The maximum atomic E-state index is 12.7. The van der Waals surface area contributed by atoms with E-state index in [2.05, 4.69) is 5.32 Å². The molecule has 1 aromatic heterocycles. The number of nitrogens with one attached hydrogen (secondary N) is 1. The Labute approximate surface area is 178 Å². The molecule has 0 radical (unpaired) electrons. The fourth-order valence-electron chi connectivity index (χ4n) is 3.13. The van der Waals surface area contributed by atoms with Crippen LogP contribution in [0.25, 0.3) is 11.1 Å². The monoisotopic (exact) mass is 441 g/mol. The summed E-state index contributed by atoms with van der Waals surface area (Å²) in [5.74, 6) is -1.09. The second-order valence-electron chi connectivity index (χ2n) is 7.46. The fourth-order valence-corrected chi connectivity index (χ4v) is 3.96. The summed E-state index contributed by atoms with van der Waals surface area (Å²) in [5, 5.41) is 13.7. The van der Waals surface area contributed by atoms with Gasteiger partial charge in [0.15, 0.2) is 0 Å². The summed E-state index contributed by atoms with van der Waals surface area (Å²) >= 11 is 1.24. The van der Waals surface area contributed by atoms with Gasteiger partial charge in [-0.05, 0) is 59.9 Å². The zero-order valence-electron chi connectivity index (χ0n) is 17.0. The first-order valence-electron chi connectivity index (χ1n) is 9.89. The molecule has 30 heavy (non-hydrogen) atoms. The first-order valence-corrected chi connectivity index (χ1v) is 10.8. The van der Waals surface area contributed by atoms with Crippen LogP contribution in [0.3, 0.4) is 0 Å². The number of carboxylic acid groups (broad SMARTS) is 1. The second kappa shape index (κ2) is 10.6. The third-order valence-electron chi connectivity index (χ3n) is 5.07. The molecular weight excluding hydrogens is 415 g/mol. The summed E-state index contributed by atoms with van der Waals surface area (Å²) in [7, 11) is 0. The second-order valence-corrected chi connectivity index (χ2v) is 8.38. The number of alkyl halides is 3. The molecular formula is C22H26F3NO3S. The Morgan fingerprint density at radius 1 is 1.13 bits per heavy atom.